The Labute approximate surface area is 139 Å². The normalized spacial score (nSPS) is 9.75. The van der Waals surface area contributed by atoms with E-state index in [0.717, 1.165) is 11.3 Å². The molecule has 0 aliphatic carbocycles. The Bertz CT molecular complexity index is 564. The van der Waals surface area contributed by atoms with E-state index in [2.05, 4.69) is 14.5 Å². The largest absolute Gasteiger partial charge is 1.00 e. The number of halogens is 2. The van der Waals surface area contributed by atoms with Crippen molar-refractivity contribution in [3.63, 3.8) is 0 Å². The minimum atomic E-state index is 0. The third-order valence-electron chi connectivity index (χ3n) is 2.85. The lowest BCUT2D eigenvalue weighted by Gasteiger charge is -2.01. The van der Waals surface area contributed by atoms with Gasteiger partial charge in [-0.15, -0.1) is 17.0 Å². The third kappa shape index (κ3) is 4.37. The van der Waals surface area contributed by atoms with Crippen molar-refractivity contribution in [2.75, 3.05) is 12.3 Å². The Kier molecular flexibility index (Phi) is 8.19. The number of nitrogens with zero attached hydrogens (tertiary/aromatic N) is 3. The van der Waals surface area contributed by atoms with Crippen molar-refractivity contribution >= 4 is 34.1 Å². The number of aliphatic hydroxyl groups is 1. The van der Waals surface area contributed by atoms with Gasteiger partial charge in [-0.2, -0.15) is 4.57 Å². The van der Waals surface area contributed by atoms with Crippen LogP contribution >= 0.6 is 28.3 Å². The Morgan fingerprint density at radius 3 is 2.70 bits per heavy atom. The molecule has 0 atom stereocenters. The Morgan fingerprint density at radius 2 is 2.10 bits per heavy atom. The summed E-state index contributed by atoms with van der Waals surface area (Å²) in [4.78, 5) is 9.53. The summed E-state index contributed by atoms with van der Waals surface area (Å²) in [5.74, 6) is 1.22. The number of aryl methyl sites for hydroxylation is 1. The smallest absolute Gasteiger partial charge is 0.225 e. The topological polar surface area (TPSA) is 75.9 Å². The molecule has 2 rings (SSSR count). The first-order chi connectivity index (χ1) is 8.61. The second kappa shape index (κ2) is 8.51. The molecule has 2 heterocycles. The molecule has 0 spiro atoms. The average molecular weight is 382 g/mol. The molecule has 2 aromatic rings. The van der Waals surface area contributed by atoms with Gasteiger partial charge in [0.05, 0.1) is 10.4 Å². The number of rotatable bonds is 4. The molecule has 2 aromatic heterocycles. The van der Waals surface area contributed by atoms with Crippen LogP contribution in [0.1, 0.15) is 22.0 Å². The average Bonchev–Trinajstić information content (AvgIpc) is 2.66. The predicted octanol–water partition coefficient (Wildman–Crippen LogP) is -1.81. The molecule has 0 saturated heterocycles. The molecule has 0 unspecified atom stereocenters. The zero-order valence-corrected chi connectivity index (χ0v) is 14.6. The van der Waals surface area contributed by atoms with Gasteiger partial charge in [0.1, 0.15) is 11.6 Å². The van der Waals surface area contributed by atoms with Gasteiger partial charge in [-0.05, 0) is 6.92 Å². The van der Waals surface area contributed by atoms with Gasteiger partial charge in [0.25, 0.3) is 0 Å². The number of hydrogen-bond acceptors (Lipinski definition) is 5. The summed E-state index contributed by atoms with van der Waals surface area (Å²) in [6.45, 7) is 4.71. The maximum absolute atomic E-state index is 8.98. The predicted molar refractivity (Wildman–Crippen MR) is 80.6 cm³/mol. The van der Waals surface area contributed by atoms with Crippen LogP contribution in [0.2, 0.25) is 0 Å². The summed E-state index contributed by atoms with van der Waals surface area (Å²) in [5, 5.41) is 8.98. The van der Waals surface area contributed by atoms with Crippen LogP contribution in [0.4, 0.5) is 5.82 Å². The third-order valence-corrected chi connectivity index (χ3v) is 4.00. The molecule has 0 amide bonds. The number of hydrogen-bond donors (Lipinski definition) is 2. The van der Waals surface area contributed by atoms with Crippen molar-refractivity contribution in [3.8, 4) is 0 Å². The van der Waals surface area contributed by atoms with Crippen molar-refractivity contribution in [2.45, 2.75) is 26.8 Å². The van der Waals surface area contributed by atoms with Gasteiger partial charge >= 0.3 is 0 Å². The van der Waals surface area contributed by atoms with Gasteiger partial charge in [0, 0.05) is 26.1 Å². The van der Waals surface area contributed by atoms with Crippen LogP contribution in [0.5, 0.6) is 0 Å². The lowest BCUT2D eigenvalue weighted by Crippen LogP contribution is -3.00. The number of aromatic nitrogens is 3. The van der Waals surface area contributed by atoms with E-state index < -0.39 is 0 Å². The fourth-order valence-corrected chi connectivity index (χ4v) is 2.75. The molecule has 0 radical (unpaired) electrons. The summed E-state index contributed by atoms with van der Waals surface area (Å²) in [6, 6.07) is 0. The highest BCUT2D eigenvalue weighted by molar-refractivity contribution is 8.93. The minimum Gasteiger partial charge on any atom is -1.00 e. The van der Waals surface area contributed by atoms with E-state index in [1.54, 1.807) is 17.5 Å². The van der Waals surface area contributed by atoms with Crippen LogP contribution in [0.25, 0.3) is 0 Å². The molecule has 0 saturated carbocycles. The number of nitrogen functional groups attached to an aromatic ring is 1. The lowest BCUT2D eigenvalue weighted by atomic mass is 10.2. The molecule has 20 heavy (non-hydrogen) atoms. The summed E-state index contributed by atoms with van der Waals surface area (Å²) >= 11 is 1.65. The first-order valence-corrected chi connectivity index (χ1v) is 6.65. The van der Waals surface area contributed by atoms with Gasteiger partial charge in [-0.1, -0.05) is 11.3 Å². The first-order valence-electron chi connectivity index (χ1n) is 5.77. The van der Waals surface area contributed by atoms with E-state index in [0.29, 0.717) is 24.6 Å². The number of aliphatic hydroxyl groups excluding tert-OH is 1. The number of thiazole rings is 1. The Morgan fingerprint density at radius 1 is 1.40 bits per heavy atom. The van der Waals surface area contributed by atoms with Gasteiger partial charge in [-0.3, -0.25) is 0 Å². The van der Waals surface area contributed by atoms with Gasteiger partial charge in [0.2, 0.25) is 5.51 Å². The second-order valence-electron chi connectivity index (χ2n) is 4.16. The summed E-state index contributed by atoms with van der Waals surface area (Å²) in [5.41, 5.74) is 10.0. The highest BCUT2D eigenvalue weighted by Gasteiger charge is 2.16. The minimum absolute atomic E-state index is 0. The first kappa shape index (κ1) is 19.2. The maximum atomic E-state index is 8.98. The van der Waals surface area contributed by atoms with E-state index in [4.69, 9.17) is 10.8 Å². The fourth-order valence-electron chi connectivity index (χ4n) is 1.77. The SMILES string of the molecule is Br.Cc1ncc(C[n+]2csc(CCO)c2C)c(N)n1.[Cl-]. The molecular weight excluding hydrogens is 364 g/mol. The highest BCUT2D eigenvalue weighted by Crippen LogP contribution is 2.13. The van der Waals surface area contributed by atoms with Gasteiger partial charge < -0.3 is 23.2 Å². The van der Waals surface area contributed by atoms with Crippen molar-refractivity contribution in [2.24, 2.45) is 0 Å². The van der Waals surface area contributed by atoms with E-state index in [1.165, 1.54) is 4.88 Å². The Hall–Kier alpha value is -0.760. The maximum Gasteiger partial charge on any atom is 0.225 e. The van der Waals surface area contributed by atoms with Crippen LogP contribution in [0.3, 0.4) is 0 Å². The van der Waals surface area contributed by atoms with Crippen LogP contribution in [0, 0.1) is 13.8 Å². The molecule has 0 aliphatic rings. The highest BCUT2D eigenvalue weighted by atomic mass is 79.9. The zero-order chi connectivity index (χ0) is 13.1. The van der Waals surface area contributed by atoms with E-state index in [-0.39, 0.29) is 36.0 Å². The second-order valence-corrected chi connectivity index (χ2v) is 5.10. The molecule has 0 bridgehead atoms. The molecule has 8 heteroatoms. The van der Waals surface area contributed by atoms with E-state index >= 15 is 0 Å². The van der Waals surface area contributed by atoms with Crippen molar-refractivity contribution in [1.29, 1.82) is 0 Å². The number of nitrogens with two attached hydrogens (primary N) is 1. The molecule has 0 aromatic carbocycles. The fraction of sp³-hybridized carbons (Fsp3) is 0.417. The lowest BCUT2D eigenvalue weighted by molar-refractivity contribution is -0.689. The van der Waals surface area contributed by atoms with Gasteiger partial charge in [0.15, 0.2) is 12.2 Å². The molecule has 3 N–H and O–H groups in total. The van der Waals surface area contributed by atoms with E-state index in [9.17, 15) is 0 Å². The van der Waals surface area contributed by atoms with Gasteiger partial charge in [-0.25, -0.2) is 9.97 Å². The van der Waals surface area contributed by atoms with E-state index in [1.807, 2.05) is 19.4 Å². The molecule has 0 fully saturated rings. The zero-order valence-electron chi connectivity index (χ0n) is 11.3. The molecule has 112 valence electrons. The molecule has 0 aliphatic heterocycles. The standard InChI is InChI=1S/C12H17N4OS.BrH.ClH/c1-8-11(3-4-17)18-7-16(8)6-10-5-14-9(2)15-12(10)13;;/h5,7,17H,3-4,6H2,1-2H3,(H2,13,14,15);2*1H/q+1;;/p-1. The summed E-state index contributed by atoms with van der Waals surface area (Å²) in [7, 11) is 0. The van der Waals surface area contributed by atoms with Crippen molar-refractivity contribution in [3.05, 3.63) is 33.7 Å². The molecular formula is C12H18BrClN4OS. The quantitative estimate of drug-likeness (QED) is 0.612. The van der Waals surface area contributed by atoms with Crippen LogP contribution in [0.15, 0.2) is 11.7 Å². The van der Waals surface area contributed by atoms with Crippen LogP contribution in [-0.4, -0.2) is 21.7 Å². The van der Waals surface area contributed by atoms with Crippen molar-refractivity contribution in [1.82, 2.24) is 9.97 Å². The number of anilines is 1. The monoisotopic (exact) mass is 380 g/mol. The van der Waals surface area contributed by atoms with Crippen LogP contribution < -0.4 is 22.7 Å². The summed E-state index contributed by atoms with van der Waals surface area (Å²) in [6.07, 6.45) is 2.47. The Balaban J connectivity index is 0.00000180. The summed E-state index contributed by atoms with van der Waals surface area (Å²) < 4.78 is 2.11. The molecule has 5 nitrogen and oxygen atoms in total. The van der Waals surface area contributed by atoms with Crippen molar-refractivity contribution < 1.29 is 22.1 Å². The van der Waals surface area contributed by atoms with Crippen LogP contribution in [-0.2, 0) is 13.0 Å².